The topological polar surface area (TPSA) is 92.5 Å². The predicted molar refractivity (Wildman–Crippen MR) is 79.6 cm³/mol. The second kappa shape index (κ2) is 6.11. The number of aromatic carboxylic acids is 1. The molecule has 0 aliphatic heterocycles. The minimum Gasteiger partial charge on any atom is -0.478 e. The summed E-state index contributed by atoms with van der Waals surface area (Å²) in [5.41, 5.74) is 0.314. The molecular weight excluding hydrogens is 272 g/mol. The van der Waals surface area contributed by atoms with Crippen LogP contribution in [0.4, 0.5) is 11.4 Å². The highest BCUT2D eigenvalue weighted by Gasteiger charge is 2.27. The Morgan fingerprint density at radius 3 is 2.67 bits per heavy atom. The Morgan fingerprint density at radius 2 is 2.10 bits per heavy atom. The van der Waals surface area contributed by atoms with E-state index in [0.717, 1.165) is 19.3 Å². The SMILES string of the molecule is CC1CCC(Nc2cc([N+](=O)[O-])ccc2C(=O)O)C(C)C1. The molecule has 0 bridgehead atoms. The zero-order valence-corrected chi connectivity index (χ0v) is 12.2. The van der Waals surface area contributed by atoms with E-state index in [4.69, 9.17) is 0 Å². The molecule has 0 aromatic heterocycles. The third-order valence-electron chi connectivity index (χ3n) is 4.22. The first-order valence-corrected chi connectivity index (χ1v) is 7.16. The molecule has 1 saturated carbocycles. The summed E-state index contributed by atoms with van der Waals surface area (Å²) in [6, 6.07) is 3.98. The highest BCUT2D eigenvalue weighted by atomic mass is 16.6. The van der Waals surface area contributed by atoms with E-state index in [1.165, 1.54) is 18.2 Å². The number of nitrogens with zero attached hydrogens (tertiary/aromatic N) is 1. The summed E-state index contributed by atoms with van der Waals surface area (Å²) in [5, 5.41) is 23.3. The average Bonchev–Trinajstić information content (AvgIpc) is 2.41. The molecule has 0 spiro atoms. The summed E-state index contributed by atoms with van der Waals surface area (Å²) in [5.74, 6) is 0.000916. The lowest BCUT2D eigenvalue weighted by Crippen LogP contribution is -2.33. The van der Waals surface area contributed by atoms with Crippen molar-refractivity contribution in [2.45, 2.75) is 39.2 Å². The van der Waals surface area contributed by atoms with Crippen molar-refractivity contribution in [3.8, 4) is 0 Å². The summed E-state index contributed by atoms with van der Waals surface area (Å²) in [4.78, 5) is 21.6. The predicted octanol–water partition coefficient (Wildman–Crippen LogP) is 3.53. The first-order chi connectivity index (χ1) is 9.88. The number of hydrogen-bond donors (Lipinski definition) is 2. The Labute approximate surface area is 123 Å². The second-order valence-electron chi connectivity index (χ2n) is 5.94. The van der Waals surface area contributed by atoms with Crippen molar-refractivity contribution in [2.24, 2.45) is 11.8 Å². The van der Waals surface area contributed by atoms with E-state index in [2.05, 4.69) is 19.2 Å². The van der Waals surface area contributed by atoms with E-state index >= 15 is 0 Å². The molecule has 2 N–H and O–H groups in total. The molecule has 1 aliphatic rings. The van der Waals surface area contributed by atoms with Gasteiger partial charge < -0.3 is 10.4 Å². The van der Waals surface area contributed by atoms with Gasteiger partial charge in [0.25, 0.3) is 5.69 Å². The van der Waals surface area contributed by atoms with E-state index < -0.39 is 10.9 Å². The van der Waals surface area contributed by atoms with Crippen LogP contribution in [0.25, 0.3) is 0 Å². The Bertz CT molecular complexity index is 559. The largest absolute Gasteiger partial charge is 0.478 e. The van der Waals surface area contributed by atoms with Gasteiger partial charge in [0.15, 0.2) is 0 Å². The summed E-state index contributed by atoms with van der Waals surface area (Å²) >= 11 is 0. The molecule has 0 heterocycles. The maximum atomic E-state index is 11.3. The van der Waals surface area contributed by atoms with Crippen LogP contribution in [0.3, 0.4) is 0 Å². The number of carbonyl (C=O) groups is 1. The van der Waals surface area contributed by atoms with Gasteiger partial charge in [0, 0.05) is 18.2 Å². The quantitative estimate of drug-likeness (QED) is 0.654. The lowest BCUT2D eigenvalue weighted by atomic mass is 9.79. The first kappa shape index (κ1) is 15.3. The normalized spacial score (nSPS) is 25.3. The first-order valence-electron chi connectivity index (χ1n) is 7.16. The van der Waals surface area contributed by atoms with Crippen LogP contribution in [0.5, 0.6) is 0 Å². The minimum atomic E-state index is -1.08. The zero-order valence-electron chi connectivity index (χ0n) is 12.2. The third-order valence-corrected chi connectivity index (χ3v) is 4.22. The standard InChI is InChI=1S/C15H20N2O4/c1-9-3-6-13(10(2)7-9)16-14-8-11(17(20)21)4-5-12(14)15(18)19/h4-5,8-10,13,16H,3,6-7H2,1-2H3,(H,18,19). The maximum absolute atomic E-state index is 11.3. The van der Waals surface area contributed by atoms with Crippen LogP contribution in [0, 0.1) is 22.0 Å². The van der Waals surface area contributed by atoms with E-state index in [-0.39, 0.29) is 17.3 Å². The van der Waals surface area contributed by atoms with Crippen LogP contribution >= 0.6 is 0 Å². The van der Waals surface area contributed by atoms with Gasteiger partial charge in [-0.15, -0.1) is 0 Å². The van der Waals surface area contributed by atoms with Gasteiger partial charge in [-0.3, -0.25) is 10.1 Å². The maximum Gasteiger partial charge on any atom is 0.337 e. The lowest BCUT2D eigenvalue weighted by Gasteiger charge is -2.34. The second-order valence-corrected chi connectivity index (χ2v) is 5.94. The van der Waals surface area contributed by atoms with Gasteiger partial charge in [-0.1, -0.05) is 13.8 Å². The molecule has 1 fully saturated rings. The Kier molecular flexibility index (Phi) is 4.45. The van der Waals surface area contributed by atoms with Crippen molar-refractivity contribution in [1.29, 1.82) is 0 Å². The van der Waals surface area contributed by atoms with Crippen molar-refractivity contribution < 1.29 is 14.8 Å². The van der Waals surface area contributed by atoms with Crippen molar-refractivity contribution in [2.75, 3.05) is 5.32 Å². The summed E-state index contributed by atoms with van der Waals surface area (Å²) in [6.45, 7) is 4.34. The third kappa shape index (κ3) is 3.51. The molecule has 0 amide bonds. The molecule has 21 heavy (non-hydrogen) atoms. The van der Waals surface area contributed by atoms with Crippen molar-refractivity contribution in [3.63, 3.8) is 0 Å². The number of benzene rings is 1. The van der Waals surface area contributed by atoms with Gasteiger partial charge in [0.2, 0.25) is 0 Å². The number of rotatable bonds is 4. The van der Waals surface area contributed by atoms with Crippen LogP contribution in [0.15, 0.2) is 18.2 Å². The molecule has 3 unspecified atom stereocenters. The van der Waals surface area contributed by atoms with E-state index in [9.17, 15) is 20.0 Å². The Morgan fingerprint density at radius 1 is 1.38 bits per heavy atom. The van der Waals surface area contributed by atoms with Gasteiger partial charge in [-0.2, -0.15) is 0 Å². The molecule has 1 aromatic carbocycles. The van der Waals surface area contributed by atoms with Crippen LogP contribution < -0.4 is 5.32 Å². The molecule has 1 aliphatic carbocycles. The van der Waals surface area contributed by atoms with E-state index in [1.54, 1.807) is 0 Å². The monoisotopic (exact) mass is 292 g/mol. The molecule has 6 heteroatoms. The highest BCUT2D eigenvalue weighted by Crippen LogP contribution is 2.32. The van der Waals surface area contributed by atoms with Crippen LogP contribution in [0.1, 0.15) is 43.5 Å². The molecule has 0 saturated heterocycles. The molecule has 0 radical (unpaired) electrons. The van der Waals surface area contributed by atoms with Gasteiger partial charge in [-0.05, 0) is 37.2 Å². The fourth-order valence-electron chi connectivity index (χ4n) is 3.03. The number of carboxylic acid groups (broad SMARTS) is 1. The van der Waals surface area contributed by atoms with Crippen molar-refractivity contribution in [1.82, 2.24) is 0 Å². The van der Waals surface area contributed by atoms with E-state index in [0.29, 0.717) is 17.5 Å². The zero-order chi connectivity index (χ0) is 15.6. The molecule has 6 nitrogen and oxygen atoms in total. The fraction of sp³-hybridized carbons (Fsp3) is 0.533. The number of anilines is 1. The number of nitro groups is 1. The van der Waals surface area contributed by atoms with Gasteiger partial charge >= 0.3 is 5.97 Å². The van der Waals surface area contributed by atoms with Gasteiger partial charge in [-0.25, -0.2) is 4.79 Å². The summed E-state index contributed by atoms with van der Waals surface area (Å²) in [7, 11) is 0. The van der Waals surface area contributed by atoms with Crippen LogP contribution in [-0.2, 0) is 0 Å². The number of non-ortho nitro benzene ring substituents is 1. The van der Waals surface area contributed by atoms with Crippen LogP contribution in [-0.4, -0.2) is 22.0 Å². The molecule has 2 rings (SSSR count). The average molecular weight is 292 g/mol. The molecular formula is C15H20N2O4. The Hall–Kier alpha value is -2.11. The number of hydrogen-bond acceptors (Lipinski definition) is 4. The number of carboxylic acids is 1. The lowest BCUT2D eigenvalue weighted by molar-refractivity contribution is -0.384. The summed E-state index contributed by atoms with van der Waals surface area (Å²) in [6.07, 6.45) is 3.11. The number of nitrogens with one attached hydrogen (secondary N) is 1. The molecule has 1 aromatic rings. The molecule has 114 valence electrons. The minimum absolute atomic E-state index is 0.0754. The smallest absolute Gasteiger partial charge is 0.337 e. The van der Waals surface area contributed by atoms with Crippen LogP contribution in [0.2, 0.25) is 0 Å². The van der Waals surface area contributed by atoms with Gasteiger partial charge in [0.05, 0.1) is 16.2 Å². The highest BCUT2D eigenvalue weighted by molar-refractivity contribution is 5.94. The van der Waals surface area contributed by atoms with Crippen molar-refractivity contribution in [3.05, 3.63) is 33.9 Å². The van der Waals surface area contributed by atoms with Gasteiger partial charge in [0.1, 0.15) is 0 Å². The fourth-order valence-corrected chi connectivity index (χ4v) is 3.03. The summed E-state index contributed by atoms with van der Waals surface area (Å²) < 4.78 is 0. The number of nitro benzene ring substituents is 1. The van der Waals surface area contributed by atoms with E-state index in [1.807, 2.05) is 0 Å². The molecule has 3 atom stereocenters. The Balaban J connectivity index is 2.26. The van der Waals surface area contributed by atoms with Crippen molar-refractivity contribution >= 4 is 17.3 Å².